The molecule has 15 atom stereocenters. The van der Waals surface area contributed by atoms with Gasteiger partial charge in [0.05, 0.1) is 25.4 Å². The first kappa shape index (κ1) is 27.0. The van der Waals surface area contributed by atoms with E-state index in [0.29, 0.717) is 0 Å². The lowest BCUT2D eigenvalue weighted by Gasteiger charge is -2.48. The molecule has 1 unspecified atom stereocenters. The van der Waals surface area contributed by atoms with Crippen molar-refractivity contribution in [3.8, 4) is 0 Å². The molecule has 0 aromatic carbocycles. The van der Waals surface area contributed by atoms with Gasteiger partial charge in [-0.05, 0) is 6.92 Å². The van der Waals surface area contributed by atoms with Crippen LogP contribution in [0.25, 0.3) is 0 Å². The van der Waals surface area contributed by atoms with Gasteiger partial charge in [-0.25, -0.2) is 0 Å². The molecule has 3 rings (SSSR count). The molecule has 3 fully saturated rings. The van der Waals surface area contributed by atoms with Crippen molar-refractivity contribution < 1.29 is 69.6 Å². The van der Waals surface area contributed by atoms with Gasteiger partial charge in [0.1, 0.15) is 61.0 Å². The number of hydrogen-bond acceptors (Lipinski definition) is 15. The van der Waals surface area contributed by atoms with E-state index in [4.69, 9.17) is 29.4 Å². The monoisotopic (exact) mass is 487 g/mol. The van der Waals surface area contributed by atoms with Gasteiger partial charge in [0, 0.05) is 0 Å². The molecule has 3 heterocycles. The van der Waals surface area contributed by atoms with Crippen LogP contribution in [0.1, 0.15) is 6.92 Å². The fraction of sp³-hybridized carbons (Fsp3) is 1.00. The summed E-state index contributed by atoms with van der Waals surface area (Å²) in [5, 5.41) is 89.7. The van der Waals surface area contributed by atoms with Gasteiger partial charge in [-0.2, -0.15) is 0 Å². The van der Waals surface area contributed by atoms with E-state index >= 15 is 0 Å². The van der Waals surface area contributed by atoms with E-state index in [2.05, 4.69) is 0 Å². The number of aliphatic hydroxyl groups is 9. The first-order chi connectivity index (χ1) is 15.5. The van der Waals surface area contributed by atoms with Gasteiger partial charge in [-0.15, -0.1) is 0 Å². The maximum atomic E-state index is 10.3. The third-order valence-electron chi connectivity index (χ3n) is 6.13. The molecular formula is C18H33NO14. The number of hydrogen-bond donors (Lipinski definition) is 10. The zero-order valence-electron chi connectivity index (χ0n) is 17.7. The Morgan fingerprint density at radius 3 is 1.73 bits per heavy atom. The molecule has 0 aromatic heterocycles. The second kappa shape index (κ2) is 11.0. The molecular weight excluding hydrogens is 454 g/mol. The SMILES string of the molecule is C[C@@H]1O[C@@H](O[C@H]2[C@H](O[C@@H]3O[C@H](CO)[C@H](O)[C@H](O)[C@H]3O)[C@@H](CO)OC(O)[C@@H]2N)[C@@H](O)[C@H](O)[C@@H]1O. The fourth-order valence-corrected chi connectivity index (χ4v) is 4.04. The molecule has 194 valence electrons. The number of nitrogens with two attached hydrogens (primary N) is 1. The summed E-state index contributed by atoms with van der Waals surface area (Å²) in [6, 6.07) is -1.35. The fourth-order valence-electron chi connectivity index (χ4n) is 4.04. The van der Waals surface area contributed by atoms with Crippen LogP contribution in [0.4, 0.5) is 0 Å². The molecule has 0 aliphatic carbocycles. The molecule has 3 saturated heterocycles. The van der Waals surface area contributed by atoms with Crippen molar-refractivity contribution in [2.75, 3.05) is 13.2 Å². The highest BCUT2D eigenvalue weighted by Gasteiger charge is 2.53. The molecule has 33 heavy (non-hydrogen) atoms. The Labute approximate surface area is 188 Å². The Balaban J connectivity index is 1.83. The molecule has 15 heteroatoms. The molecule has 0 saturated carbocycles. The number of aliphatic hydroxyl groups excluding tert-OH is 9. The lowest BCUT2D eigenvalue weighted by atomic mass is 9.95. The van der Waals surface area contributed by atoms with Crippen molar-refractivity contribution in [1.82, 2.24) is 0 Å². The normalized spacial score (nSPS) is 53.7. The molecule has 0 aromatic rings. The zero-order valence-corrected chi connectivity index (χ0v) is 17.7. The van der Waals surface area contributed by atoms with Gasteiger partial charge < -0.3 is 75.4 Å². The van der Waals surface area contributed by atoms with Gasteiger partial charge in [0.15, 0.2) is 18.9 Å². The Morgan fingerprint density at radius 2 is 1.15 bits per heavy atom. The minimum atomic E-state index is -1.79. The van der Waals surface area contributed by atoms with Crippen LogP contribution in [0.5, 0.6) is 0 Å². The summed E-state index contributed by atoms with van der Waals surface area (Å²) in [7, 11) is 0. The third kappa shape index (κ3) is 5.32. The quantitative estimate of drug-likeness (QED) is 0.167. The molecule has 11 N–H and O–H groups in total. The van der Waals surface area contributed by atoms with Crippen LogP contribution in [0.15, 0.2) is 0 Å². The van der Waals surface area contributed by atoms with Crippen LogP contribution in [0, 0.1) is 0 Å². The maximum absolute atomic E-state index is 10.3. The van der Waals surface area contributed by atoms with Crippen LogP contribution >= 0.6 is 0 Å². The van der Waals surface area contributed by atoms with Crippen molar-refractivity contribution in [2.24, 2.45) is 5.73 Å². The smallest absolute Gasteiger partial charge is 0.187 e. The average Bonchev–Trinajstić information content (AvgIpc) is 2.80. The summed E-state index contributed by atoms with van der Waals surface area (Å²) >= 11 is 0. The highest BCUT2D eigenvalue weighted by molar-refractivity contribution is 4.97. The summed E-state index contributed by atoms with van der Waals surface area (Å²) in [5.74, 6) is 0. The van der Waals surface area contributed by atoms with Gasteiger partial charge >= 0.3 is 0 Å². The summed E-state index contributed by atoms with van der Waals surface area (Å²) in [6.45, 7) is -0.0152. The molecule has 15 nitrogen and oxygen atoms in total. The van der Waals surface area contributed by atoms with Crippen LogP contribution in [0.3, 0.4) is 0 Å². The van der Waals surface area contributed by atoms with E-state index < -0.39 is 105 Å². The Morgan fingerprint density at radius 1 is 0.636 bits per heavy atom. The summed E-state index contributed by atoms with van der Waals surface area (Å²) in [4.78, 5) is 0. The van der Waals surface area contributed by atoms with Crippen molar-refractivity contribution in [3.63, 3.8) is 0 Å². The predicted molar refractivity (Wildman–Crippen MR) is 102 cm³/mol. The molecule has 0 bridgehead atoms. The summed E-state index contributed by atoms with van der Waals surface area (Å²) in [5.41, 5.74) is 5.99. The van der Waals surface area contributed by atoms with Gasteiger partial charge in [-0.1, -0.05) is 0 Å². The summed E-state index contributed by atoms with van der Waals surface area (Å²) < 4.78 is 27.3. The Bertz CT molecular complexity index is 629. The van der Waals surface area contributed by atoms with Crippen LogP contribution in [0.2, 0.25) is 0 Å². The highest BCUT2D eigenvalue weighted by atomic mass is 16.7. The van der Waals surface area contributed by atoms with E-state index in [1.807, 2.05) is 0 Å². The highest BCUT2D eigenvalue weighted by Crippen LogP contribution is 2.32. The second-order valence-corrected chi connectivity index (χ2v) is 8.41. The lowest BCUT2D eigenvalue weighted by molar-refractivity contribution is -0.369. The number of rotatable bonds is 6. The van der Waals surface area contributed by atoms with E-state index in [1.54, 1.807) is 0 Å². The molecule has 3 aliphatic heterocycles. The van der Waals surface area contributed by atoms with Crippen LogP contribution < -0.4 is 5.73 Å². The molecule has 3 aliphatic rings. The zero-order chi connectivity index (χ0) is 24.6. The van der Waals surface area contributed by atoms with E-state index in [9.17, 15) is 46.0 Å². The maximum Gasteiger partial charge on any atom is 0.187 e. The van der Waals surface area contributed by atoms with Gasteiger partial charge in [0.25, 0.3) is 0 Å². The molecule has 0 radical (unpaired) electrons. The Kier molecular flexibility index (Phi) is 8.99. The van der Waals surface area contributed by atoms with Gasteiger partial charge in [0.2, 0.25) is 0 Å². The van der Waals surface area contributed by atoms with Crippen LogP contribution in [-0.4, -0.2) is 151 Å². The van der Waals surface area contributed by atoms with Gasteiger partial charge in [-0.3, -0.25) is 0 Å². The lowest BCUT2D eigenvalue weighted by Crippen LogP contribution is -2.68. The first-order valence-electron chi connectivity index (χ1n) is 10.5. The van der Waals surface area contributed by atoms with Crippen molar-refractivity contribution in [1.29, 1.82) is 0 Å². The largest absolute Gasteiger partial charge is 0.394 e. The second-order valence-electron chi connectivity index (χ2n) is 8.41. The van der Waals surface area contributed by atoms with E-state index in [1.165, 1.54) is 6.92 Å². The standard InChI is InChI=1S/C18H33NO14/c1-4-8(22)10(24)12(26)17(29-4)33-15-7(19)16(28)30-6(3-21)14(15)32-18-13(27)11(25)9(23)5(2-20)31-18/h4-18,20-28H,2-3,19H2,1H3/t4-,5+,6+,7+,8+,9-,10+,11-,12-,13+,14+,15+,16?,17-,18-/m0/s1. The van der Waals surface area contributed by atoms with Crippen molar-refractivity contribution in [3.05, 3.63) is 0 Å². The van der Waals surface area contributed by atoms with Crippen LogP contribution in [-0.2, 0) is 23.7 Å². The average molecular weight is 487 g/mol. The van der Waals surface area contributed by atoms with E-state index in [0.717, 1.165) is 0 Å². The van der Waals surface area contributed by atoms with Crippen molar-refractivity contribution in [2.45, 2.75) is 99.0 Å². The van der Waals surface area contributed by atoms with E-state index in [-0.39, 0.29) is 0 Å². The molecule has 0 amide bonds. The summed E-state index contributed by atoms with van der Waals surface area (Å²) in [6.07, 6.45) is -21.1. The minimum absolute atomic E-state index is 0.715. The minimum Gasteiger partial charge on any atom is -0.394 e. The predicted octanol–water partition coefficient (Wildman–Crippen LogP) is -6.58. The first-order valence-corrected chi connectivity index (χ1v) is 10.5. The third-order valence-corrected chi connectivity index (χ3v) is 6.13. The molecule has 0 spiro atoms. The van der Waals surface area contributed by atoms with Crippen molar-refractivity contribution >= 4 is 0 Å². The number of ether oxygens (including phenoxy) is 5. The Hall–Kier alpha value is -0.600. The topological polar surface area (TPSA) is 254 Å².